The Hall–Kier alpha value is -2.37. The number of Topliss-reactive ketones (excluding diaryl/α,β-unsaturated/α-hetero) is 1. The number of hydrogen-bond acceptors (Lipinski definition) is 4. The second kappa shape index (κ2) is 6.07. The number of carbonyl (C=O) groups is 2. The quantitative estimate of drug-likeness (QED) is 0.791. The van der Waals surface area contributed by atoms with Crippen LogP contribution >= 0.6 is 0 Å². The molecular weight excluding hydrogens is 366 g/mol. The zero-order valence-corrected chi connectivity index (χ0v) is 17.6. The Morgan fingerprint density at radius 1 is 1.24 bits per heavy atom. The van der Waals surface area contributed by atoms with Crippen LogP contribution in [0.3, 0.4) is 0 Å². The van der Waals surface area contributed by atoms with Crippen molar-refractivity contribution in [2.24, 2.45) is 17.8 Å². The van der Waals surface area contributed by atoms with E-state index in [1.54, 1.807) is 4.90 Å². The molecule has 0 spiro atoms. The number of hydrogen-bond donors (Lipinski definition) is 0. The van der Waals surface area contributed by atoms with Gasteiger partial charge in [-0.2, -0.15) is 0 Å². The number of aryl methyl sites for hydroxylation is 1. The summed E-state index contributed by atoms with van der Waals surface area (Å²) < 4.78 is 7.63. The molecule has 2 aromatic heterocycles. The molecule has 3 heterocycles. The Bertz CT molecular complexity index is 986. The van der Waals surface area contributed by atoms with Crippen LogP contribution in [-0.2, 0) is 14.9 Å². The van der Waals surface area contributed by atoms with Crippen LogP contribution in [0.5, 0.6) is 0 Å². The number of pyridine rings is 1. The molecule has 2 aromatic rings. The average Bonchev–Trinajstić information content (AvgIpc) is 3.42. The van der Waals surface area contributed by atoms with Crippen molar-refractivity contribution >= 4 is 17.4 Å². The van der Waals surface area contributed by atoms with E-state index in [4.69, 9.17) is 9.72 Å². The highest BCUT2D eigenvalue weighted by molar-refractivity contribution is 5.87. The van der Waals surface area contributed by atoms with Gasteiger partial charge in [-0.15, -0.1) is 0 Å². The van der Waals surface area contributed by atoms with Gasteiger partial charge in [-0.25, -0.2) is 9.78 Å². The molecule has 0 aromatic carbocycles. The lowest BCUT2D eigenvalue weighted by Crippen LogP contribution is -2.37. The number of rotatable bonds is 4. The third-order valence-electron chi connectivity index (χ3n) is 6.84. The standard InChI is InChI=1S/C23H29N3O3/c1-14-6-5-9-26-17(14)11-24-20(26)23(7-8-23)10-18(27)19-15-12-25(13-16(15)19)21(28)29-22(2,3)4/h5-6,9,11,15-16,19H,7-8,10,12-13H2,1-4H3/t15-,16+,19?. The number of fused-ring (bicyclic) bond motifs is 2. The Kier molecular flexibility index (Phi) is 3.90. The minimum Gasteiger partial charge on any atom is -0.444 e. The minimum absolute atomic E-state index is 0.0982. The topological polar surface area (TPSA) is 63.9 Å². The van der Waals surface area contributed by atoms with E-state index in [0.717, 1.165) is 24.2 Å². The van der Waals surface area contributed by atoms with E-state index in [0.29, 0.717) is 37.1 Å². The number of carbonyl (C=O) groups excluding carboxylic acids is 2. The number of ketones is 1. The molecule has 2 aliphatic carbocycles. The van der Waals surface area contributed by atoms with Crippen LogP contribution in [0.1, 0.15) is 51.4 Å². The molecular formula is C23H29N3O3. The molecule has 3 atom stereocenters. The number of piperidine rings is 1. The zero-order chi connectivity index (χ0) is 20.6. The van der Waals surface area contributed by atoms with Gasteiger partial charge in [0.25, 0.3) is 0 Å². The summed E-state index contributed by atoms with van der Waals surface area (Å²) in [4.78, 5) is 31.8. The van der Waals surface area contributed by atoms with Crippen molar-refractivity contribution in [3.05, 3.63) is 35.9 Å². The molecule has 5 rings (SSSR count). The number of ether oxygens (including phenoxy) is 1. The van der Waals surface area contributed by atoms with Crippen LogP contribution in [0.15, 0.2) is 24.5 Å². The molecule has 0 bridgehead atoms. The Balaban J connectivity index is 1.24. The van der Waals surface area contributed by atoms with Gasteiger partial charge in [0.05, 0.1) is 11.7 Å². The Morgan fingerprint density at radius 3 is 2.55 bits per heavy atom. The van der Waals surface area contributed by atoms with Crippen LogP contribution < -0.4 is 0 Å². The Morgan fingerprint density at radius 2 is 1.93 bits per heavy atom. The summed E-state index contributed by atoms with van der Waals surface area (Å²) in [5, 5.41) is 0. The van der Waals surface area contributed by atoms with Crippen LogP contribution in [0.25, 0.3) is 5.52 Å². The molecule has 0 radical (unpaired) electrons. The zero-order valence-electron chi connectivity index (χ0n) is 17.6. The third-order valence-corrected chi connectivity index (χ3v) is 6.84. The van der Waals surface area contributed by atoms with Crippen LogP contribution in [0.2, 0.25) is 0 Å². The molecule has 29 heavy (non-hydrogen) atoms. The first-order valence-electron chi connectivity index (χ1n) is 10.6. The summed E-state index contributed by atoms with van der Waals surface area (Å²) in [5.41, 5.74) is 1.74. The van der Waals surface area contributed by atoms with Crippen molar-refractivity contribution in [1.82, 2.24) is 14.3 Å². The molecule has 0 N–H and O–H groups in total. The molecule has 154 valence electrons. The van der Waals surface area contributed by atoms with Crippen LogP contribution in [0, 0.1) is 24.7 Å². The van der Waals surface area contributed by atoms with Crippen molar-refractivity contribution in [1.29, 1.82) is 0 Å². The van der Waals surface area contributed by atoms with E-state index in [1.807, 2.05) is 33.0 Å². The van der Waals surface area contributed by atoms with Gasteiger partial charge in [-0.1, -0.05) is 6.07 Å². The van der Waals surface area contributed by atoms with Gasteiger partial charge in [-0.3, -0.25) is 4.79 Å². The SMILES string of the molecule is Cc1cccn2c(C3(CC(=O)C4[C@H]5CN(C(=O)OC(C)(C)C)C[C@@H]45)CC3)ncc12. The van der Waals surface area contributed by atoms with E-state index < -0.39 is 5.60 Å². The van der Waals surface area contributed by atoms with Gasteiger partial charge in [0.15, 0.2) is 0 Å². The van der Waals surface area contributed by atoms with Crippen LogP contribution in [0.4, 0.5) is 4.79 Å². The normalized spacial score (nSPS) is 27.0. The predicted octanol–water partition coefficient (Wildman–Crippen LogP) is 3.75. The summed E-state index contributed by atoms with van der Waals surface area (Å²) in [6, 6.07) is 4.13. The lowest BCUT2D eigenvalue weighted by Gasteiger charge is -2.26. The summed E-state index contributed by atoms with van der Waals surface area (Å²) in [6.07, 6.45) is 6.35. The van der Waals surface area contributed by atoms with E-state index in [-0.39, 0.29) is 17.4 Å². The average molecular weight is 396 g/mol. The molecule has 1 saturated heterocycles. The maximum absolute atomic E-state index is 13.1. The number of amides is 1. The Labute approximate surface area is 171 Å². The molecule has 1 unspecified atom stereocenters. The largest absolute Gasteiger partial charge is 0.444 e. The third kappa shape index (κ3) is 3.13. The van der Waals surface area contributed by atoms with Crippen molar-refractivity contribution in [2.75, 3.05) is 13.1 Å². The van der Waals surface area contributed by atoms with Gasteiger partial charge in [0.1, 0.15) is 17.2 Å². The fourth-order valence-electron chi connectivity index (χ4n) is 5.12. The molecule has 6 heteroatoms. The van der Waals surface area contributed by atoms with E-state index in [2.05, 4.69) is 23.6 Å². The predicted molar refractivity (Wildman–Crippen MR) is 109 cm³/mol. The number of imidazole rings is 1. The first-order chi connectivity index (χ1) is 13.7. The first kappa shape index (κ1) is 18.6. The summed E-state index contributed by atoms with van der Waals surface area (Å²) in [6.45, 7) is 9.02. The summed E-state index contributed by atoms with van der Waals surface area (Å²) >= 11 is 0. The molecule has 3 fully saturated rings. The second-order valence-corrected chi connectivity index (χ2v) is 10.2. The van der Waals surface area contributed by atoms with Gasteiger partial charge >= 0.3 is 6.09 Å². The summed E-state index contributed by atoms with van der Waals surface area (Å²) in [7, 11) is 0. The maximum atomic E-state index is 13.1. The molecule has 3 aliphatic rings. The van der Waals surface area contributed by atoms with Gasteiger partial charge in [0, 0.05) is 37.0 Å². The van der Waals surface area contributed by atoms with Crippen LogP contribution in [-0.4, -0.2) is 44.9 Å². The fraction of sp³-hybridized carbons (Fsp3) is 0.609. The number of likely N-dealkylation sites (tertiary alicyclic amines) is 1. The molecule has 1 amide bonds. The second-order valence-electron chi connectivity index (χ2n) is 10.2. The van der Waals surface area contributed by atoms with Gasteiger partial charge in [0.2, 0.25) is 0 Å². The number of nitrogens with zero attached hydrogens (tertiary/aromatic N) is 3. The van der Waals surface area contributed by atoms with Crippen molar-refractivity contribution in [2.45, 2.75) is 58.0 Å². The van der Waals surface area contributed by atoms with E-state index in [9.17, 15) is 9.59 Å². The summed E-state index contributed by atoms with van der Waals surface area (Å²) in [5.74, 6) is 2.12. The number of aromatic nitrogens is 2. The molecule has 6 nitrogen and oxygen atoms in total. The first-order valence-corrected chi connectivity index (χ1v) is 10.6. The van der Waals surface area contributed by atoms with Gasteiger partial charge < -0.3 is 14.0 Å². The van der Waals surface area contributed by atoms with Gasteiger partial charge in [-0.05, 0) is 64.0 Å². The molecule has 1 aliphatic heterocycles. The smallest absolute Gasteiger partial charge is 0.410 e. The lowest BCUT2D eigenvalue weighted by molar-refractivity contribution is -0.121. The minimum atomic E-state index is -0.483. The molecule has 2 saturated carbocycles. The lowest BCUT2D eigenvalue weighted by atomic mass is 9.95. The highest BCUT2D eigenvalue weighted by atomic mass is 16.6. The highest BCUT2D eigenvalue weighted by Crippen LogP contribution is 2.57. The fourth-order valence-corrected chi connectivity index (χ4v) is 5.12. The maximum Gasteiger partial charge on any atom is 0.410 e. The van der Waals surface area contributed by atoms with Crippen molar-refractivity contribution in [3.63, 3.8) is 0 Å². The van der Waals surface area contributed by atoms with Crippen molar-refractivity contribution in [3.8, 4) is 0 Å². The van der Waals surface area contributed by atoms with E-state index in [1.165, 1.54) is 5.56 Å². The monoisotopic (exact) mass is 395 g/mol. The van der Waals surface area contributed by atoms with E-state index >= 15 is 0 Å². The van der Waals surface area contributed by atoms with Crippen molar-refractivity contribution < 1.29 is 14.3 Å². The highest BCUT2D eigenvalue weighted by Gasteiger charge is 2.62.